The van der Waals surface area contributed by atoms with E-state index in [0.29, 0.717) is 17.2 Å². The first-order chi connectivity index (χ1) is 9.62. The molecule has 2 rings (SSSR count). The molecule has 0 saturated heterocycles. The zero-order chi connectivity index (χ0) is 14.7. The van der Waals surface area contributed by atoms with Crippen LogP contribution in [0.5, 0.6) is 11.5 Å². The second-order valence-electron chi connectivity index (χ2n) is 4.18. The first-order valence-corrected chi connectivity index (χ1v) is 5.97. The summed E-state index contributed by atoms with van der Waals surface area (Å²) in [7, 11) is 3.08. The predicted octanol–water partition coefficient (Wildman–Crippen LogP) is 2.03. The molecule has 0 N–H and O–H groups in total. The van der Waals surface area contributed by atoms with Crippen molar-refractivity contribution in [3.8, 4) is 23.3 Å². The molecule has 0 aliphatic rings. The Labute approximate surface area is 116 Å². The van der Waals surface area contributed by atoms with Crippen molar-refractivity contribution in [3.05, 3.63) is 51.9 Å². The molecule has 0 aliphatic carbocycles. The van der Waals surface area contributed by atoms with E-state index < -0.39 is 0 Å². The minimum Gasteiger partial charge on any atom is -0.493 e. The van der Waals surface area contributed by atoms with Crippen molar-refractivity contribution in [1.82, 2.24) is 4.57 Å². The van der Waals surface area contributed by atoms with Gasteiger partial charge in [0.25, 0.3) is 5.56 Å². The lowest BCUT2D eigenvalue weighted by atomic mass is 10.2. The van der Waals surface area contributed by atoms with Crippen molar-refractivity contribution < 1.29 is 9.47 Å². The van der Waals surface area contributed by atoms with Crippen molar-refractivity contribution >= 4 is 0 Å². The fraction of sp³-hybridized carbons (Fsp3) is 0.200. The van der Waals surface area contributed by atoms with Gasteiger partial charge in [-0.3, -0.25) is 9.36 Å². The van der Waals surface area contributed by atoms with Gasteiger partial charge in [0.1, 0.15) is 11.6 Å². The molecular formula is C15H14N2O3. The third-order valence-electron chi connectivity index (χ3n) is 3.02. The summed E-state index contributed by atoms with van der Waals surface area (Å²) in [5.41, 5.74) is 1.12. The van der Waals surface area contributed by atoms with E-state index in [2.05, 4.69) is 0 Å². The molecule has 1 heterocycles. The molecule has 102 valence electrons. The zero-order valence-corrected chi connectivity index (χ0v) is 11.5. The second-order valence-corrected chi connectivity index (χ2v) is 4.18. The average Bonchev–Trinajstić information content (AvgIpc) is 2.47. The Balaban J connectivity index is 2.69. The molecule has 5 heteroatoms. The van der Waals surface area contributed by atoms with Gasteiger partial charge < -0.3 is 9.47 Å². The van der Waals surface area contributed by atoms with Gasteiger partial charge in [-0.2, -0.15) is 5.26 Å². The molecule has 0 amide bonds. The first kappa shape index (κ1) is 13.7. The van der Waals surface area contributed by atoms with Gasteiger partial charge in [-0.1, -0.05) is 0 Å². The topological polar surface area (TPSA) is 64.2 Å². The van der Waals surface area contributed by atoms with E-state index >= 15 is 0 Å². The molecule has 1 aromatic heterocycles. The number of ether oxygens (including phenoxy) is 2. The first-order valence-electron chi connectivity index (χ1n) is 5.97. The Morgan fingerprint density at radius 3 is 2.40 bits per heavy atom. The van der Waals surface area contributed by atoms with E-state index in [1.54, 1.807) is 38.3 Å². The summed E-state index contributed by atoms with van der Waals surface area (Å²) in [6.07, 6.45) is 0. The number of nitriles is 1. The third-order valence-corrected chi connectivity index (χ3v) is 3.02. The lowest BCUT2D eigenvalue weighted by Gasteiger charge is -2.13. The summed E-state index contributed by atoms with van der Waals surface area (Å²) in [5, 5.41) is 8.96. The van der Waals surface area contributed by atoms with Crippen molar-refractivity contribution in [2.24, 2.45) is 0 Å². The average molecular weight is 270 g/mol. The third kappa shape index (κ3) is 2.24. The number of hydrogen-bond acceptors (Lipinski definition) is 4. The molecule has 0 unspecified atom stereocenters. The number of rotatable bonds is 3. The van der Waals surface area contributed by atoms with Crippen LogP contribution >= 0.6 is 0 Å². The molecule has 0 radical (unpaired) electrons. The summed E-state index contributed by atoms with van der Waals surface area (Å²) < 4.78 is 11.9. The highest BCUT2D eigenvalue weighted by Crippen LogP contribution is 2.29. The quantitative estimate of drug-likeness (QED) is 0.856. The Morgan fingerprint density at radius 2 is 1.80 bits per heavy atom. The minimum absolute atomic E-state index is 0.102. The molecule has 0 atom stereocenters. The molecule has 20 heavy (non-hydrogen) atoms. The van der Waals surface area contributed by atoms with Crippen LogP contribution in [0.15, 0.2) is 35.1 Å². The van der Waals surface area contributed by atoms with E-state index in [-0.39, 0.29) is 11.1 Å². The van der Waals surface area contributed by atoms with Crippen LogP contribution < -0.4 is 15.0 Å². The van der Waals surface area contributed by atoms with Crippen molar-refractivity contribution in [2.45, 2.75) is 6.92 Å². The number of hydrogen-bond donors (Lipinski definition) is 0. The summed E-state index contributed by atoms with van der Waals surface area (Å²) in [6.45, 7) is 1.80. The van der Waals surface area contributed by atoms with E-state index in [1.165, 1.54) is 17.7 Å². The van der Waals surface area contributed by atoms with Gasteiger partial charge in [0, 0.05) is 11.8 Å². The lowest BCUT2D eigenvalue weighted by molar-refractivity contribution is 0.355. The van der Waals surface area contributed by atoms with Gasteiger partial charge in [-0.05, 0) is 31.2 Å². The SMILES string of the molecule is COc1ccc(-n2c(C)ccc(C#N)c2=O)cc1OC. The van der Waals surface area contributed by atoms with E-state index in [0.717, 1.165) is 5.69 Å². The fourth-order valence-electron chi connectivity index (χ4n) is 2.00. The molecule has 5 nitrogen and oxygen atoms in total. The summed E-state index contributed by atoms with van der Waals surface area (Å²) in [5.74, 6) is 1.11. The van der Waals surface area contributed by atoms with E-state index in [9.17, 15) is 4.79 Å². The number of nitrogens with zero attached hydrogens (tertiary/aromatic N) is 2. The van der Waals surface area contributed by atoms with Crippen molar-refractivity contribution in [2.75, 3.05) is 14.2 Å². The van der Waals surface area contributed by atoms with Crippen LogP contribution in [0.2, 0.25) is 0 Å². The van der Waals surface area contributed by atoms with E-state index in [1.807, 2.05) is 6.07 Å². The van der Waals surface area contributed by atoms with Crippen molar-refractivity contribution in [1.29, 1.82) is 5.26 Å². The number of aromatic nitrogens is 1. The molecular weight excluding hydrogens is 256 g/mol. The number of aryl methyl sites for hydroxylation is 1. The zero-order valence-electron chi connectivity index (χ0n) is 11.5. The highest BCUT2D eigenvalue weighted by molar-refractivity contribution is 5.50. The van der Waals surface area contributed by atoms with Crippen LogP contribution in [0.3, 0.4) is 0 Å². The maximum absolute atomic E-state index is 12.2. The normalized spacial score (nSPS) is 9.90. The van der Waals surface area contributed by atoms with Crippen molar-refractivity contribution in [3.63, 3.8) is 0 Å². The second kappa shape index (κ2) is 5.49. The molecule has 0 spiro atoms. The van der Waals surface area contributed by atoms with Gasteiger partial charge in [-0.15, -0.1) is 0 Å². The van der Waals surface area contributed by atoms with Gasteiger partial charge in [0.05, 0.1) is 19.9 Å². The largest absolute Gasteiger partial charge is 0.493 e. The number of pyridine rings is 1. The number of methoxy groups -OCH3 is 2. The van der Waals surface area contributed by atoms with Crippen LogP contribution in [-0.4, -0.2) is 18.8 Å². The predicted molar refractivity (Wildman–Crippen MR) is 74.6 cm³/mol. The molecule has 0 aliphatic heterocycles. The Bertz CT molecular complexity index is 742. The smallest absolute Gasteiger partial charge is 0.273 e. The molecule has 0 fully saturated rings. The van der Waals surface area contributed by atoms with Gasteiger partial charge >= 0.3 is 0 Å². The highest BCUT2D eigenvalue weighted by Gasteiger charge is 2.11. The van der Waals surface area contributed by atoms with Crippen LogP contribution in [0.1, 0.15) is 11.3 Å². The molecule has 1 aromatic carbocycles. The number of benzene rings is 1. The van der Waals surface area contributed by atoms with Crippen LogP contribution in [0, 0.1) is 18.3 Å². The monoisotopic (exact) mass is 270 g/mol. The fourth-order valence-corrected chi connectivity index (χ4v) is 2.00. The summed E-state index contributed by atoms with van der Waals surface area (Å²) in [4.78, 5) is 12.2. The minimum atomic E-state index is -0.347. The summed E-state index contributed by atoms with van der Waals surface area (Å²) >= 11 is 0. The van der Waals surface area contributed by atoms with Crippen LogP contribution in [0.25, 0.3) is 5.69 Å². The van der Waals surface area contributed by atoms with Gasteiger partial charge in [0.2, 0.25) is 0 Å². The van der Waals surface area contributed by atoms with Crippen LogP contribution in [-0.2, 0) is 0 Å². The van der Waals surface area contributed by atoms with Gasteiger partial charge in [-0.25, -0.2) is 0 Å². The van der Waals surface area contributed by atoms with Gasteiger partial charge in [0.15, 0.2) is 11.5 Å². The maximum atomic E-state index is 12.2. The maximum Gasteiger partial charge on any atom is 0.273 e. The molecule has 0 bridgehead atoms. The Kier molecular flexibility index (Phi) is 3.76. The lowest BCUT2D eigenvalue weighted by Crippen LogP contribution is -2.22. The summed E-state index contributed by atoms with van der Waals surface area (Å²) in [6, 6.07) is 10.3. The molecule has 2 aromatic rings. The van der Waals surface area contributed by atoms with Crippen LogP contribution in [0.4, 0.5) is 0 Å². The standard InChI is InChI=1S/C15H14N2O3/c1-10-4-5-11(9-16)15(18)17(10)12-6-7-13(19-2)14(8-12)20-3/h4-8H,1-3H3. The Hall–Kier alpha value is -2.74. The molecule has 0 saturated carbocycles. The highest BCUT2D eigenvalue weighted by atomic mass is 16.5. The Morgan fingerprint density at radius 1 is 1.10 bits per heavy atom. The van der Waals surface area contributed by atoms with E-state index in [4.69, 9.17) is 14.7 Å².